The van der Waals surface area contributed by atoms with Crippen LogP contribution >= 0.6 is 0 Å². The Morgan fingerprint density at radius 2 is 1.79 bits per heavy atom. The number of ether oxygens (including phenoxy) is 1. The third-order valence-corrected chi connectivity index (χ3v) is 1.13. The summed E-state index contributed by atoms with van der Waals surface area (Å²) in [7, 11) is 0. The fraction of sp³-hybridized carbons (Fsp3) is 0.727. The summed E-state index contributed by atoms with van der Waals surface area (Å²) >= 11 is 0. The number of carbonyl (C=O) groups is 1. The number of esters is 1. The van der Waals surface area contributed by atoms with Crippen molar-refractivity contribution in [2.45, 2.75) is 52.2 Å². The molecule has 0 heterocycles. The predicted octanol–water partition coefficient (Wildman–Crippen LogP) is 1.46. The zero-order valence-corrected chi connectivity index (χ0v) is 9.60. The lowest BCUT2D eigenvalue weighted by atomic mass is 10.0. The fourth-order valence-electron chi connectivity index (χ4n) is 0.648. The summed E-state index contributed by atoms with van der Waals surface area (Å²) in [5, 5.41) is 0. The van der Waals surface area contributed by atoms with Gasteiger partial charge in [0.2, 0.25) is 0 Å². The van der Waals surface area contributed by atoms with E-state index in [1.54, 1.807) is 20.8 Å². The largest absolute Gasteiger partial charge is 0.450 e. The first-order valence-electron chi connectivity index (χ1n) is 4.61. The van der Waals surface area contributed by atoms with Crippen LogP contribution in [-0.2, 0) is 9.53 Å². The van der Waals surface area contributed by atoms with Crippen LogP contribution in [-0.4, -0.2) is 17.1 Å². The van der Waals surface area contributed by atoms with E-state index in [1.165, 1.54) is 0 Å². The molecule has 3 heteroatoms. The Morgan fingerprint density at radius 1 is 1.29 bits per heavy atom. The molecular weight excluding hydrogens is 178 g/mol. The van der Waals surface area contributed by atoms with Gasteiger partial charge in [-0.2, -0.15) is 0 Å². The molecule has 0 saturated heterocycles. The second kappa shape index (κ2) is 4.47. The van der Waals surface area contributed by atoms with Gasteiger partial charge < -0.3 is 10.5 Å². The molecule has 0 atom stereocenters. The lowest BCUT2D eigenvalue weighted by Gasteiger charge is -2.17. The fourth-order valence-corrected chi connectivity index (χ4v) is 0.648. The third kappa shape index (κ3) is 9.08. The van der Waals surface area contributed by atoms with Crippen molar-refractivity contribution >= 4 is 5.97 Å². The Kier molecular flexibility index (Phi) is 4.15. The minimum atomic E-state index is -0.498. The molecule has 0 aromatic heterocycles. The molecule has 0 fully saturated rings. The van der Waals surface area contributed by atoms with Crippen LogP contribution in [0.4, 0.5) is 0 Å². The molecule has 0 aromatic rings. The highest BCUT2D eigenvalue weighted by Gasteiger charge is 2.14. The molecule has 0 aromatic carbocycles. The highest BCUT2D eigenvalue weighted by Crippen LogP contribution is 2.06. The first-order chi connectivity index (χ1) is 6.10. The van der Waals surface area contributed by atoms with Gasteiger partial charge in [-0.15, -0.1) is 0 Å². The summed E-state index contributed by atoms with van der Waals surface area (Å²) < 4.78 is 5.00. The van der Waals surface area contributed by atoms with E-state index < -0.39 is 11.6 Å². The smallest absolute Gasteiger partial charge is 0.384 e. The molecular formula is C11H19NO2. The summed E-state index contributed by atoms with van der Waals surface area (Å²) in [6.07, 6.45) is 0.478. The first kappa shape index (κ1) is 13.0. The van der Waals surface area contributed by atoms with E-state index >= 15 is 0 Å². The van der Waals surface area contributed by atoms with Crippen molar-refractivity contribution < 1.29 is 9.53 Å². The molecule has 80 valence electrons. The Balaban J connectivity index is 4.07. The molecule has 14 heavy (non-hydrogen) atoms. The molecule has 0 rings (SSSR count). The maximum atomic E-state index is 11.1. The number of hydrogen-bond donors (Lipinski definition) is 1. The minimum absolute atomic E-state index is 0.366. The molecule has 0 saturated carbocycles. The van der Waals surface area contributed by atoms with Gasteiger partial charge in [-0.3, -0.25) is 0 Å². The van der Waals surface area contributed by atoms with Crippen molar-refractivity contribution in [2.75, 3.05) is 0 Å². The molecule has 0 aliphatic rings. The van der Waals surface area contributed by atoms with E-state index in [9.17, 15) is 4.79 Å². The molecule has 0 radical (unpaired) electrons. The van der Waals surface area contributed by atoms with Crippen LogP contribution in [0.15, 0.2) is 0 Å². The highest BCUT2D eigenvalue weighted by molar-refractivity contribution is 5.88. The van der Waals surface area contributed by atoms with E-state index in [-0.39, 0.29) is 5.54 Å². The Bertz CT molecular complexity index is 258. The van der Waals surface area contributed by atoms with Crippen molar-refractivity contribution in [3.63, 3.8) is 0 Å². The van der Waals surface area contributed by atoms with Gasteiger partial charge in [-0.1, -0.05) is 5.92 Å². The lowest BCUT2D eigenvalue weighted by molar-refractivity contribution is -0.147. The second-order valence-corrected chi connectivity index (χ2v) is 4.97. The summed E-state index contributed by atoms with van der Waals surface area (Å²) in [5.41, 5.74) is 4.85. The van der Waals surface area contributed by atoms with Gasteiger partial charge in [0.1, 0.15) is 5.60 Å². The third-order valence-electron chi connectivity index (χ3n) is 1.13. The van der Waals surface area contributed by atoms with Gasteiger partial charge >= 0.3 is 5.97 Å². The monoisotopic (exact) mass is 197 g/mol. The number of carbonyl (C=O) groups excluding carboxylic acids is 1. The lowest BCUT2D eigenvalue weighted by Crippen LogP contribution is -2.31. The molecule has 2 N–H and O–H groups in total. The van der Waals surface area contributed by atoms with Crippen molar-refractivity contribution in [1.82, 2.24) is 0 Å². The molecule has 0 aliphatic carbocycles. The topological polar surface area (TPSA) is 52.3 Å². The zero-order chi connectivity index (χ0) is 11.4. The van der Waals surface area contributed by atoms with Gasteiger partial charge in [0.05, 0.1) is 0 Å². The summed E-state index contributed by atoms with van der Waals surface area (Å²) in [6.45, 7) is 9.13. The van der Waals surface area contributed by atoms with Crippen LogP contribution in [0.25, 0.3) is 0 Å². The Morgan fingerprint density at radius 3 is 2.14 bits per heavy atom. The number of hydrogen-bond acceptors (Lipinski definition) is 3. The zero-order valence-electron chi connectivity index (χ0n) is 9.60. The Hall–Kier alpha value is -1.01. The maximum absolute atomic E-state index is 11.1. The van der Waals surface area contributed by atoms with E-state index in [2.05, 4.69) is 11.8 Å². The summed E-state index contributed by atoms with van der Waals surface area (Å²) in [4.78, 5) is 11.1. The van der Waals surface area contributed by atoms with Gasteiger partial charge in [0, 0.05) is 17.9 Å². The van der Waals surface area contributed by atoms with E-state index in [4.69, 9.17) is 10.5 Å². The number of nitrogens with two attached hydrogens (primary N) is 1. The van der Waals surface area contributed by atoms with Crippen molar-refractivity contribution in [3.05, 3.63) is 0 Å². The van der Waals surface area contributed by atoms with Gasteiger partial charge in [-0.05, 0) is 34.6 Å². The van der Waals surface area contributed by atoms with Crippen molar-refractivity contribution in [1.29, 1.82) is 0 Å². The summed E-state index contributed by atoms with van der Waals surface area (Å²) in [6, 6.07) is 0. The second-order valence-electron chi connectivity index (χ2n) is 4.97. The predicted molar refractivity (Wildman–Crippen MR) is 56.5 cm³/mol. The normalized spacial score (nSPS) is 11.6. The standard InChI is InChI=1S/C11H19NO2/c1-10(2,3)14-9(13)7-6-8-11(4,5)12/h8,12H2,1-5H3. The van der Waals surface area contributed by atoms with E-state index in [0.717, 1.165) is 0 Å². The Labute approximate surface area is 86.0 Å². The average Bonchev–Trinajstić information content (AvgIpc) is 1.78. The van der Waals surface area contributed by atoms with Crippen LogP contribution in [0.3, 0.4) is 0 Å². The molecule has 0 aliphatic heterocycles. The minimum Gasteiger partial charge on any atom is -0.450 e. The van der Waals surface area contributed by atoms with Crippen LogP contribution in [0.2, 0.25) is 0 Å². The van der Waals surface area contributed by atoms with Gasteiger partial charge in [0.25, 0.3) is 0 Å². The highest BCUT2D eigenvalue weighted by atomic mass is 16.6. The maximum Gasteiger partial charge on any atom is 0.384 e. The molecule has 0 spiro atoms. The first-order valence-corrected chi connectivity index (χ1v) is 4.61. The molecule has 0 amide bonds. The van der Waals surface area contributed by atoms with Gasteiger partial charge in [-0.25, -0.2) is 4.79 Å². The van der Waals surface area contributed by atoms with Crippen LogP contribution in [0.5, 0.6) is 0 Å². The molecule has 0 bridgehead atoms. The van der Waals surface area contributed by atoms with Crippen molar-refractivity contribution in [2.24, 2.45) is 5.73 Å². The average molecular weight is 197 g/mol. The molecule has 3 nitrogen and oxygen atoms in total. The van der Waals surface area contributed by atoms with Crippen molar-refractivity contribution in [3.8, 4) is 11.8 Å². The quantitative estimate of drug-likeness (QED) is 0.393. The van der Waals surface area contributed by atoms with Crippen LogP contribution in [0, 0.1) is 11.8 Å². The van der Waals surface area contributed by atoms with Gasteiger partial charge in [0.15, 0.2) is 0 Å². The van der Waals surface area contributed by atoms with E-state index in [0.29, 0.717) is 6.42 Å². The van der Waals surface area contributed by atoms with Crippen LogP contribution < -0.4 is 5.73 Å². The molecule has 0 unspecified atom stereocenters. The van der Waals surface area contributed by atoms with E-state index in [1.807, 2.05) is 13.8 Å². The SMILES string of the molecule is CC(C)(N)CC#CC(=O)OC(C)(C)C. The van der Waals surface area contributed by atoms with Crippen LogP contribution in [0.1, 0.15) is 41.0 Å². The number of rotatable bonds is 1. The summed E-state index contributed by atoms with van der Waals surface area (Å²) in [5.74, 6) is 4.60.